The van der Waals surface area contributed by atoms with Gasteiger partial charge in [0.25, 0.3) is 5.56 Å². The van der Waals surface area contributed by atoms with Crippen LogP contribution < -0.4 is 16.3 Å². The number of aromatic nitrogens is 4. The van der Waals surface area contributed by atoms with Crippen LogP contribution in [0.3, 0.4) is 0 Å². The van der Waals surface area contributed by atoms with Crippen LogP contribution in [0.5, 0.6) is 0 Å². The molecule has 2 aromatic heterocycles. The summed E-state index contributed by atoms with van der Waals surface area (Å²) in [5.74, 6) is 0.581. The lowest BCUT2D eigenvalue weighted by Crippen LogP contribution is -2.38. The highest BCUT2D eigenvalue weighted by atomic mass is 16.2. The van der Waals surface area contributed by atoms with Gasteiger partial charge in [0.15, 0.2) is 11.2 Å². The standard InChI is InChI=1S/C14H18N6O2/c1-5-6-7-20-13-15-11-10(19(13)8-9(2)16-20)12(21)18(4)14(22)17(11)3/h5-6H,7-8H2,1-4H3/b6-5+. The smallest absolute Gasteiger partial charge is 0.297 e. The third kappa shape index (κ3) is 1.91. The number of hydrazone groups is 1. The van der Waals surface area contributed by atoms with Crippen molar-refractivity contribution in [3.8, 4) is 0 Å². The zero-order valence-corrected chi connectivity index (χ0v) is 13.1. The lowest BCUT2D eigenvalue weighted by molar-refractivity contribution is 0.702. The van der Waals surface area contributed by atoms with Gasteiger partial charge in [-0.1, -0.05) is 12.2 Å². The van der Waals surface area contributed by atoms with Crippen LogP contribution in [-0.2, 0) is 20.6 Å². The van der Waals surface area contributed by atoms with Crippen molar-refractivity contribution in [2.75, 3.05) is 11.6 Å². The van der Waals surface area contributed by atoms with E-state index in [0.717, 1.165) is 10.3 Å². The molecule has 0 bridgehead atoms. The van der Waals surface area contributed by atoms with E-state index in [-0.39, 0.29) is 11.2 Å². The first kappa shape index (κ1) is 14.3. The van der Waals surface area contributed by atoms with Crippen molar-refractivity contribution < 1.29 is 0 Å². The van der Waals surface area contributed by atoms with Crippen molar-refractivity contribution in [1.82, 2.24) is 18.7 Å². The number of allylic oxidation sites excluding steroid dienone is 1. The van der Waals surface area contributed by atoms with Crippen LogP contribution in [0.1, 0.15) is 13.8 Å². The summed E-state index contributed by atoms with van der Waals surface area (Å²) >= 11 is 0. The summed E-state index contributed by atoms with van der Waals surface area (Å²) in [5.41, 5.74) is 0.980. The van der Waals surface area contributed by atoms with Gasteiger partial charge in [-0.3, -0.25) is 18.5 Å². The van der Waals surface area contributed by atoms with E-state index >= 15 is 0 Å². The van der Waals surface area contributed by atoms with E-state index in [1.54, 1.807) is 12.1 Å². The number of rotatable bonds is 2. The van der Waals surface area contributed by atoms with Crippen LogP contribution in [0, 0.1) is 0 Å². The molecule has 0 fully saturated rings. The molecule has 0 atom stereocenters. The van der Waals surface area contributed by atoms with Crippen molar-refractivity contribution in [1.29, 1.82) is 0 Å². The van der Waals surface area contributed by atoms with E-state index in [0.29, 0.717) is 30.2 Å². The highest BCUT2D eigenvalue weighted by Crippen LogP contribution is 2.23. The molecule has 116 valence electrons. The van der Waals surface area contributed by atoms with Crippen LogP contribution in [-0.4, -0.2) is 30.9 Å². The van der Waals surface area contributed by atoms with Crippen LogP contribution in [0.4, 0.5) is 5.95 Å². The summed E-state index contributed by atoms with van der Waals surface area (Å²) in [6.07, 6.45) is 3.89. The number of nitrogens with zero attached hydrogens (tertiary/aromatic N) is 6. The van der Waals surface area contributed by atoms with Gasteiger partial charge in [0.1, 0.15) is 0 Å². The average molecular weight is 302 g/mol. The lowest BCUT2D eigenvalue weighted by atomic mass is 10.3. The third-order valence-corrected chi connectivity index (χ3v) is 3.75. The molecule has 0 saturated carbocycles. The molecule has 1 aliphatic rings. The molecule has 0 aliphatic carbocycles. The van der Waals surface area contributed by atoms with E-state index in [4.69, 9.17) is 0 Å². The molecule has 0 amide bonds. The summed E-state index contributed by atoms with van der Waals surface area (Å²) in [4.78, 5) is 29.0. The van der Waals surface area contributed by atoms with Crippen molar-refractivity contribution in [3.05, 3.63) is 33.0 Å². The molecule has 0 unspecified atom stereocenters. The van der Waals surface area contributed by atoms with Crippen LogP contribution >= 0.6 is 0 Å². The van der Waals surface area contributed by atoms with E-state index in [9.17, 15) is 9.59 Å². The second-order valence-corrected chi connectivity index (χ2v) is 5.36. The Morgan fingerprint density at radius 3 is 2.64 bits per heavy atom. The highest BCUT2D eigenvalue weighted by Gasteiger charge is 2.25. The van der Waals surface area contributed by atoms with Crippen LogP contribution in [0.15, 0.2) is 26.8 Å². The Balaban J connectivity index is 2.35. The van der Waals surface area contributed by atoms with E-state index < -0.39 is 0 Å². The Bertz CT molecular complexity index is 927. The topological polar surface area (TPSA) is 77.4 Å². The summed E-state index contributed by atoms with van der Waals surface area (Å²) < 4.78 is 4.32. The third-order valence-electron chi connectivity index (χ3n) is 3.75. The molecule has 0 aromatic carbocycles. The number of imidazole rings is 1. The predicted octanol–water partition coefficient (Wildman–Crippen LogP) is 0.206. The van der Waals surface area contributed by atoms with E-state index in [1.807, 2.05) is 30.6 Å². The Labute approximate surface area is 126 Å². The second-order valence-electron chi connectivity index (χ2n) is 5.36. The van der Waals surface area contributed by atoms with E-state index in [2.05, 4.69) is 10.1 Å². The molecule has 22 heavy (non-hydrogen) atoms. The Hall–Kier alpha value is -2.64. The van der Waals surface area contributed by atoms with Gasteiger partial charge < -0.3 is 0 Å². The van der Waals surface area contributed by atoms with Gasteiger partial charge >= 0.3 is 5.69 Å². The van der Waals surface area contributed by atoms with Gasteiger partial charge in [-0.05, 0) is 13.8 Å². The number of hydrogen-bond donors (Lipinski definition) is 0. The zero-order chi connectivity index (χ0) is 16.0. The minimum absolute atomic E-state index is 0.336. The maximum absolute atomic E-state index is 12.5. The minimum atomic E-state index is -0.384. The molecule has 1 aliphatic heterocycles. The normalized spacial score (nSPS) is 14.7. The zero-order valence-electron chi connectivity index (χ0n) is 13.1. The van der Waals surface area contributed by atoms with Gasteiger partial charge in [0, 0.05) is 14.1 Å². The van der Waals surface area contributed by atoms with Crippen LogP contribution in [0.25, 0.3) is 11.2 Å². The largest absolute Gasteiger partial charge is 0.332 e. The van der Waals surface area contributed by atoms with Crippen molar-refractivity contribution in [3.63, 3.8) is 0 Å². The Kier molecular flexibility index (Phi) is 3.23. The van der Waals surface area contributed by atoms with Gasteiger partial charge in [0.2, 0.25) is 5.95 Å². The lowest BCUT2D eigenvalue weighted by Gasteiger charge is -2.23. The molecule has 3 heterocycles. The molecular weight excluding hydrogens is 284 g/mol. The fourth-order valence-corrected chi connectivity index (χ4v) is 2.62. The molecule has 0 saturated heterocycles. The highest BCUT2D eigenvalue weighted by molar-refractivity contribution is 5.87. The summed E-state index contributed by atoms with van der Waals surface area (Å²) in [6.45, 7) is 4.89. The maximum atomic E-state index is 12.5. The van der Waals surface area contributed by atoms with Gasteiger partial charge in [-0.15, -0.1) is 0 Å². The second kappa shape index (κ2) is 4.97. The fourth-order valence-electron chi connectivity index (χ4n) is 2.62. The number of fused-ring (bicyclic) bond motifs is 3. The summed E-state index contributed by atoms with van der Waals surface area (Å²) in [6, 6.07) is 0. The monoisotopic (exact) mass is 302 g/mol. The van der Waals surface area contributed by atoms with Crippen molar-refractivity contribution >= 4 is 22.8 Å². The maximum Gasteiger partial charge on any atom is 0.332 e. The first-order chi connectivity index (χ1) is 10.5. The molecule has 8 nitrogen and oxygen atoms in total. The Morgan fingerprint density at radius 2 is 1.95 bits per heavy atom. The Morgan fingerprint density at radius 1 is 1.23 bits per heavy atom. The fraction of sp³-hybridized carbons (Fsp3) is 0.429. The first-order valence-corrected chi connectivity index (χ1v) is 7.04. The number of anilines is 1. The van der Waals surface area contributed by atoms with E-state index in [1.165, 1.54) is 11.6 Å². The van der Waals surface area contributed by atoms with Gasteiger partial charge in [-0.25, -0.2) is 9.80 Å². The number of hydrogen-bond acceptors (Lipinski definition) is 5. The minimum Gasteiger partial charge on any atom is -0.297 e. The predicted molar refractivity (Wildman–Crippen MR) is 85.5 cm³/mol. The average Bonchev–Trinajstić information content (AvgIpc) is 2.87. The van der Waals surface area contributed by atoms with Crippen molar-refractivity contribution in [2.24, 2.45) is 19.2 Å². The van der Waals surface area contributed by atoms with Crippen molar-refractivity contribution in [2.45, 2.75) is 20.4 Å². The molecular formula is C14H18N6O2. The quantitative estimate of drug-likeness (QED) is 0.743. The molecule has 2 aromatic rings. The number of aryl methyl sites for hydroxylation is 1. The summed E-state index contributed by atoms with van der Waals surface area (Å²) in [7, 11) is 3.10. The molecule has 0 radical (unpaired) electrons. The molecule has 3 rings (SSSR count). The summed E-state index contributed by atoms with van der Waals surface area (Å²) in [5, 5.41) is 6.22. The molecule has 0 spiro atoms. The molecule has 0 N–H and O–H groups in total. The SMILES string of the molecule is C/C=C/CN1N=C(C)Cn2c1nc1c2c(=O)n(C)c(=O)n1C. The molecule has 8 heteroatoms. The van der Waals surface area contributed by atoms with Crippen LogP contribution in [0.2, 0.25) is 0 Å². The van der Waals surface area contributed by atoms with Gasteiger partial charge in [-0.2, -0.15) is 10.1 Å². The van der Waals surface area contributed by atoms with Gasteiger partial charge in [0.05, 0.1) is 18.8 Å². The first-order valence-electron chi connectivity index (χ1n) is 7.04.